The van der Waals surface area contributed by atoms with Crippen molar-refractivity contribution < 1.29 is 9.53 Å². The number of aromatic nitrogens is 2. The van der Waals surface area contributed by atoms with Gasteiger partial charge in [0.1, 0.15) is 5.69 Å². The van der Waals surface area contributed by atoms with E-state index in [1.807, 2.05) is 35.2 Å². The largest absolute Gasteiger partial charge is 0.463 e. The van der Waals surface area contributed by atoms with E-state index in [4.69, 9.17) is 4.74 Å². The second-order valence-corrected chi connectivity index (χ2v) is 9.11. The molecule has 0 N–H and O–H groups in total. The number of hydrogen-bond donors (Lipinski definition) is 0. The number of nitrogens with zero attached hydrogens (tertiary/aromatic N) is 4. The van der Waals surface area contributed by atoms with Crippen molar-refractivity contribution in [2.45, 2.75) is 26.5 Å². The number of fused-ring (bicyclic) bond motifs is 1. The third-order valence-corrected chi connectivity index (χ3v) is 6.55. The number of aryl methyl sites for hydroxylation is 1. The summed E-state index contributed by atoms with van der Waals surface area (Å²) >= 11 is 0. The number of carbonyl (C=O) groups is 1. The summed E-state index contributed by atoms with van der Waals surface area (Å²) in [6.07, 6.45) is -0.640. The van der Waals surface area contributed by atoms with Crippen molar-refractivity contribution in [1.82, 2.24) is 20.0 Å². The second-order valence-electron chi connectivity index (χ2n) is 9.11. The molecule has 1 amide bonds. The Morgan fingerprint density at radius 1 is 0.857 bits per heavy atom. The Kier molecular flexibility index (Phi) is 6.73. The SMILES string of the molecule is Cc1ccc(-c2nnc(OC(C)C(=O)N3CCN(Cc4ccccc4)CC3)c3ccccc23)cc1. The third-order valence-electron chi connectivity index (χ3n) is 6.55. The van der Waals surface area contributed by atoms with E-state index in [1.54, 1.807) is 6.92 Å². The molecule has 3 aromatic carbocycles. The number of benzene rings is 3. The molecule has 1 saturated heterocycles. The van der Waals surface area contributed by atoms with Crippen molar-refractivity contribution in [3.8, 4) is 17.1 Å². The predicted octanol–water partition coefficient (Wildman–Crippen LogP) is 4.72. The van der Waals surface area contributed by atoms with Crippen LogP contribution in [0.4, 0.5) is 0 Å². The molecule has 4 aromatic rings. The zero-order chi connectivity index (χ0) is 24.2. The summed E-state index contributed by atoms with van der Waals surface area (Å²) in [5.74, 6) is 0.373. The Bertz CT molecular complexity index is 1300. The molecule has 5 rings (SSSR count). The number of hydrogen-bond acceptors (Lipinski definition) is 5. The van der Waals surface area contributed by atoms with Crippen LogP contribution in [0.3, 0.4) is 0 Å². The molecule has 1 aliphatic heterocycles. The fourth-order valence-corrected chi connectivity index (χ4v) is 4.53. The zero-order valence-corrected chi connectivity index (χ0v) is 20.2. The average Bonchev–Trinajstić information content (AvgIpc) is 2.90. The first-order valence-corrected chi connectivity index (χ1v) is 12.1. The number of ether oxygens (including phenoxy) is 1. The van der Waals surface area contributed by atoms with Crippen molar-refractivity contribution in [1.29, 1.82) is 0 Å². The molecule has 1 unspecified atom stereocenters. The summed E-state index contributed by atoms with van der Waals surface area (Å²) in [6, 6.07) is 26.6. The van der Waals surface area contributed by atoms with Crippen LogP contribution >= 0.6 is 0 Å². The minimum absolute atomic E-state index is 0.0159. The molecule has 0 bridgehead atoms. The Morgan fingerprint density at radius 3 is 2.23 bits per heavy atom. The second kappa shape index (κ2) is 10.2. The first-order valence-electron chi connectivity index (χ1n) is 12.1. The van der Waals surface area contributed by atoms with Gasteiger partial charge in [0.05, 0.1) is 0 Å². The minimum atomic E-state index is -0.640. The van der Waals surface area contributed by atoms with Crippen LogP contribution in [0.2, 0.25) is 0 Å². The molecular formula is C29H30N4O2. The maximum Gasteiger partial charge on any atom is 0.263 e. The Hall–Kier alpha value is -3.77. The standard InChI is InChI=1S/C29H30N4O2/c1-21-12-14-24(15-13-21)27-25-10-6-7-11-26(25)28(31-30-27)35-22(2)29(34)33-18-16-32(17-19-33)20-23-8-4-3-5-9-23/h3-15,22H,16-20H2,1-2H3. The molecule has 1 aliphatic rings. The predicted molar refractivity (Wildman–Crippen MR) is 138 cm³/mol. The fraction of sp³-hybridized carbons (Fsp3) is 0.276. The van der Waals surface area contributed by atoms with Crippen molar-refractivity contribution in [3.63, 3.8) is 0 Å². The average molecular weight is 467 g/mol. The van der Waals surface area contributed by atoms with Crippen LogP contribution in [0.5, 0.6) is 5.88 Å². The van der Waals surface area contributed by atoms with E-state index in [2.05, 4.69) is 70.6 Å². The van der Waals surface area contributed by atoms with Gasteiger partial charge in [-0.25, -0.2) is 0 Å². The Balaban J connectivity index is 1.27. The fourth-order valence-electron chi connectivity index (χ4n) is 4.53. The van der Waals surface area contributed by atoms with E-state index in [0.29, 0.717) is 19.0 Å². The van der Waals surface area contributed by atoms with E-state index in [-0.39, 0.29) is 5.91 Å². The maximum atomic E-state index is 13.2. The van der Waals surface area contributed by atoms with Crippen LogP contribution in [0.1, 0.15) is 18.1 Å². The van der Waals surface area contributed by atoms with Crippen molar-refractivity contribution in [3.05, 3.63) is 90.0 Å². The highest BCUT2D eigenvalue weighted by atomic mass is 16.5. The highest BCUT2D eigenvalue weighted by Crippen LogP contribution is 2.31. The highest BCUT2D eigenvalue weighted by Gasteiger charge is 2.27. The smallest absolute Gasteiger partial charge is 0.263 e. The van der Waals surface area contributed by atoms with Crippen LogP contribution in [-0.2, 0) is 11.3 Å². The molecule has 35 heavy (non-hydrogen) atoms. The summed E-state index contributed by atoms with van der Waals surface area (Å²) in [6.45, 7) is 7.85. The molecule has 0 saturated carbocycles. The molecule has 178 valence electrons. The number of carbonyl (C=O) groups excluding carboxylic acids is 1. The lowest BCUT2D eigenvalue weighted by Gasteiger charge is -2.35. The van der Waals surface area contributed by atoms with Crippen molar-refractivity contribution in [2.75, 3.05) is 26.2 Å². The zero-order valence-electron chi connectivity index (χ0n) is 20.2. The van der Waals surface area contributed by atoms with Gasteiger partial charge >= 0.3 is 0 Å². The summed E-state index contributed by atoms with van der Waals surface area (Å²) in [4.78, 5) is 17.4. The number of piperazine rings is 1. The summed E-state index contributed by atoms with van der Waals surface area (Å²) in [5, 5.41) is 10.7. The van der Waals surface area contributed by atoms with Crippen LogP contribution in [-0.4, -0.2) is 58.2 Å². The van der Waals surface area contributed by atoms with Gasteiger partial charge in [0.2, 0.25) is 5.88 Å². The van der Waals surface area contributed by atoms with E-state index < -0.39 is 6.10 Å². The normalized spacial score (nSPS) is 15.2. The molecule has 1 aromatic heterocycles. The maximum absolute atomic E-state index is 13.2. The van der Waals surface area contributed by atoms with E-state index in [0.717, 1.165) is 41.7 Å². The third kappa shape index (κ3) is 5.17. The van der Waals surface area contributed by atoms with Gasteiger partial charge in [-0.05, 0) is 25.5 Å². The monoisotopic (exact) mass is 466 g/mol. The molecule has 2 heterocycles. The van der Waals surface area contributed by atoms with Gasteiger partial charge in [-0.2, -0.15) is 0 Å². The lowest BCUT2D eigenvalue weighted by Crippen LogP contribution is -2.51. The van der Waals surface area contributed by atoms with E-state index in [1.165, 1.54) is 11.1 Å². The van der Waals surface area contributed by atoms with Crippen LogP contribution in [0.15, 0.2) is 78.9 Å². The molecule has 6 heteroatoms. The highest BCUT2D eigenvalue weighted by molar-refractivity contribution is 5.97. The van der Waals surface area contributed by atoms with Crippen LogP contribution in [0, 0.1) is 6.92 Å². The van der Waals surface area contributed by atoms with Gasteiger partial charge in [-0.15, -0.1) is 10.2 Å². The van der Waals surface area contributed by atoms with Gasteiger partial charge in [-0.3, -0.25) is 9.69 Å². The molecule has 6 nitrogen and oxygen atoms in total. The summed E-state index contributed by atoms with van der Waals surface area (Å²) in [5.41, 5.74) is 4.30. The number of amides is 1. The number of rotatable bonds is 6. The molecular weight excluding hydrogens is 436 g/mol. The Labute approximate surface area is 206 Å². The van der Waals surface area contributed by atoms with Crippen LogP contribution < -0.4 is 4.74 Å². The first kappa shape index (κ1) is 23.0. The summed E-state index contributed by atoms with van der Waals surface area (Å²) in [7, 11) is 0. The topological polar surface area (TPSA) is 58.6 Å². The van der Waals surface area contributed by atoms with Gasteiger partial charge in [-0.1, -0.05) is 78.4 Å². The molecule has 0 aliphatic carbocycles. The van der Waals surface area contributed by atoms with E-state index in [9.17, 15) is 4.79 Å². The summed E-state index contributed by atoms with van der Waals surface area (Å²) < 4.78 is 6.10. The van der Waals surface area contributed by atoms with Gasteiger partial charge < -0.3 is 9.64 Å². The molecule has 1 fully saturated rings. The van der Waals surface area contributed by atoms with Gasteiger partial charge in [0.15, 0.2) is 6.10 Å². The lowest BCUT2D eigenvalue weighted by atomic mass is 10.0. The minimum Gasteiger partial charge on any atom is -0.463 e. The Morgan fingerprint density at radius 2 is 1.51 bits per heavy atom. The first-order chi connectivity index (χ1) is 17.1. The molecule has 0 spiro atoms. The van der Waals surface area contributed by atoms with Gasteiger partial charge in [0, 0.05) is 49.1 Å². The molecule has 0 radical (unpaired) electrons. The van der Waals surface area contributed by atoms with Gasteiger partial charge in [0.25, 0.3) is 5.91 Å². The van der Waals surface area contributed by atoms with E-state index >= 15 is 0 Å². The van der Waals surface area contributed by atoms with Crippen molar-refractivity contribution in [2.24, 2.45) is 0 Å². The van der Waals surface area contributed by atoms with Crippen LogP contribution in [0.25, 0.3) is 22.0 Å². The van der Waals surface area contributed by atoms with Crippen molar-refractivity contribution >= 4 is 16.7 Å². The quantitative estimate of drug-likeness (QED) is 0.412. The molecule has 1 atom stereocenters. The lowest BCUT2D eigenvalue weighted by molar-refractivity contribution is -0.139.